The second-order valence-corrected chi connectivity index (χ2v) is 6.23. The van der Waals surface area contributed by atoms with E-state index in [2.05, 4.69) is 32.7 Å². The standard InChI is InChI=1S/C19H25N5O/c1-3-18(25)24-11-9-15(13-24)23-19(20-2)22-12-17-16-7-5-4-6-14(16)8-10-21-17/h4-8,10,15H,3,9,11-13H2,1-2H3,(H2,20,22,23). The van der Waals surface area contributed by atoms with Crippen LogP contribution in [0.1, 0.15) is 25.5 Å². The molecular formula is C19H25N5O. The Morgan fingerprint density at radius 2 is 2.20 bits per heavy atom. The summed E-state index contributed by atoms with van der Waals surface area (Å²) in [5, 5.41) is 9.07. The Morgan fingerprint density at radius 3 is 3.00 bits per heavy atom. The van der Waals surface area contributed by atoms with E-state index in [0.717, 1.165) is 36.6 Å². The van der Waals surface area contributed by atoms with Crippen LogP contribution >= 0.6 is 0 Å². The van der Waals surface area contributed by atoms with Gasteiger partial charge in [0.05, 0.1) is 12.2 Å². The van der Waals surface area contributed by atoms with Crippen LogP contribution in [0.3, 0.4) is 0 Å². The molecule has 0 bridgehead atoms. The number of aliphatic imine (C=N–C) groups is 1. The largest absolute Gasteiger partial charge is 0.352 e. The van der Waals surface area contributed by atoms with Gasteiger partial charge in [-0.3, -0.25) is 14.8 Å². The number of hydrogen-bond acceptors (Lipinski definition) is 3. The van der Waals surface area contributed by atoms with Crippen LogP contribution in [0.25, 0.3) is 10.8 Å². The van der Waals surface area contributed by atoms with Gasteiger partial charge in [0, 0.05) is 44.2 Å². The van der Waals surface area contributed by atoms with E-state index in [0.29, 0.717) is 13.0 Å². The maximum atomic E-state index is 11.8. The van der Waals surface area contributed by atoms with Gasteiger partial charge in [0.1, 0.15) is 0 Å². The first-order valence-electron chi connectivity index (χ1n) is 8.79. The number of nitrogens with one attached hydrogen (secondary N) is 2. The first-order valence-corrected chi connectivity index (χ1v) is 8.79. The van der Waals surface area contributed by atoms with Crippen LogP contribution in [0.2, 0.25) is 0 Å². The zero-order valence-electron chi connectivity index (χ0n) is 14.8. The third kappa shape index (κ3) is 4.07. The molecule has 2 aromatic rings. The van der Waals surface area contributed by atoms with E-state index in [9.17, 15) is 4.79 Å². The number of pyridine rings is 1. The topological polar surface area (TPSA) is 69.6 Å². The number of likely N-dealkylation sites (tertiary alicyclic amines) is 1. The molecule has 2 heterocycles. The summed E-state index contributed by atoms with van der Waals surface area (Å²) >= 11 is 0. The van der Waals surface area contributed by atoms with Gasteiger partial charge in [0.25, 0.3) is 0 Å². The summed E-state index contributed by atoms with van der Waals surface area (Å²) in [4.78, 5) is 22.5. The molecule has 1 unspecified atom stereocenters. The molecule has 0 spiro atoms. The molecule has 132 valence electrons. The van der Waals surface area contributed by atoms with Gasteiger partial charge in [0.2, 0.25) is 5.91 Å². The summed E-state index contributed by atoms with van der Waals surface area (Å²) < 4.78 is 0. The fourth-order valence-electron chi connectivity index (χ4n) is 3.21. The van der Waals surface area contributed by atoms with Gasteiger partial charge >= 0.3 is 0 Å². The lowest BCUT2D eigenvalue weighted by molar-refractivity contribution is -0.129. The molecule has 1 aliphatic heterocycles. The Labute approximate surface area is 148 Å². The third-order valence-corrected chi connectivity index (χ3v) is 4.59. The predicted molar refractivity (Wildman–Crippen MR) is 100 cm³/mol. The number of aromatic nitrogens is 1. The Hall–Kier alpha value is -2.63. The zero-order valence-corrected chi connectivity index (χ0v) is 14.8. The van der Waals surface area contributed by atoms with Crippen molar-refractivity contribution in [2.45, 2.75) is 32.4 Å². The highest BCUT2D eigenvalue weighted by Gasteiger charge is 2.25. The predicted octanol–water partition coefficient (Wildman–Crippen LogP) is 1.91. The van der Waals surface area contributed by atoms with E-state index in [-0.39, 0.29) is 11.9 Å². The maximum Gasteiger partial charge on any atom is 0.222 e. The van der Waals surface area contributed by atoms with Crippen LogP contribution in [0.15, 0.2) is 41.5 Å². The summed E-state index contributed by atoms with van der Waals surface area (Å²) in [7, 11) is 1.76. The summed E-state index contributed by atoms with van der Waals surface area (Å²) in [6.07, 6.45) is 3.34. The van der Waals surface area contributed by atoms with Gasteiger partial charge in [-0.2, -0.15) is 0 Å². The maximum absolute atomic E-state index is 11.8. The minimum absolute atomic E-state index is 0.215. The smallest absolute Gasteiger partial charge is 0.222 e. The number of rotatable bonds is 4. The highest BCUT2D eigenvalue weighted by Crippen LogP contribution is 2.16. The van der Waals surface area contributed by atoms with Crippen molar-refractivity contribution in [2.75, 3.05) is 20.1 Å². The molecule has 25 heavy (non-hydrogen) atoms. The molecule has 1 aliphatic rings. The van der Waals surface area contributed by atoms with Gasteiger partial charge in [-0.25, -0.2) is 0 Å². The SMILES string of the molecule is CCC(=O)N1CCC(NC(=NC)NCc2nccc3ccccc23)C1. The van der Waals surface area contributed by atoms with Crippen LogP contribution < -0.4 is 10.6 Å². The van der Waals surface area contributed by atoms with Gasteiger partial charge in [-0.05, 0) is 17.9 Å². The van der Waals surface area contributed by atoms with Crippen molar-refractivity contribution in [3.63, 3.8) is 0 Å². The monoisotopic (exact) mass is 339 g/mol. The highest BCUT2D eigenvalue weighted by atomic mass is 16.2. The van der Waals surface area contributed by atoms with Gasteiger partial charge in [-0.15, -0.1) is 0 Å². The van der Waals surface area contributed by atoms with Crippen LogP contribution in [0.4, 0.5) is 0 Å². The molecule has 1 aromatic carbocycles. The fourth-order valence-corrected chi connectivity index (χ4v) is 3.21. The third-order valence-electron chi connectivity index (χ3n) is 4.59. The van der Waals surface area contributed by atoms with Crippen molar-refractivity contribution in [1.29, 1.82) is 0 Å². The average molecular weight is 339 g/mol. The Morgan fingerprint density at radius 1 is 1.36 bits per heavy atom. The molecule has 1 amide bonds. The van der Waals surface area contributed by atoms with Crippen molar-refractivity contribution in [1.82, 2.24) is 20.5 Å². The molecule has 1 fully saturated rings. The van der Waals surface area contributed by atoms with E-state index in [1.807, 2.05) is 36.2 Å². The lowest BCUT2D eigenvalue weighted by atomic mass is 10.1. The second kappa shape index (κ2) is 7.96. The summed E-state index contributed by atoms with van der Waals surface area (Å²) in [6, 6.07) is 10.5. The number of hydrogen-bond donors (Lipinski definition) is 2. The molecule has 0 radical (unpaired) electrons. The van der Waals surface area contributed by atoms with Gasteiger partial charge in [-0.1, -0.05) is 31.2 Å². The summed E-state index contributed by atoms with van der Waals surface area (Å²) in [5.41, 5.74) is 0.996. The quantitative estimate of drug-likeness (QED) is 0.659. The number of guanidine groups is 1. The Balaban J connectivity index is 1.59. The number of amides is 1. The molecule has 0 aliphatic carbocycles. The Kier molecular flexibility index (Phi) is 5.48. The molecule has 6 heteroatoms. The van der Waals surface area contributed by atoms with Crippen LogP contribution in [0, 0.1) is 0 Å². The van der Waals surface area contributed by atoms with Crippen LogP contribution in [0.5, 0.6) is 0 Å². The van der Waals surface area contributed by atoms with Crippen molar-refractivity contribution in [3.05, 3.63) is 42.2 Å². The lowest BCUT2D eigenvalue weighted by Gasteiger charge is -2.19. The van der Waals surface area contributed by atoms with Crippen LogP contribution in [-0.4, -0.2) is 47.9 Å². The lowest BCUT2D eigenvalue weighted by Crippen LogP contribution is -2.44. The van der Waals surface area contributed by atoms with Crippen molar-refractivity contribution < 1.29 is 4.79 Å². The van der Waals surface area contributed by atoms with E-state index in [4.69, 9.17) is 0 Å². The number of fused-ring (bicyclic) bond motifs is 1. The molecular weight excluding hydrogens is 314 g/mol. The molecule has 1 aromatic heterocycles. The number of benzene rings is 1. The Bertz CT molecular complexity index is 768. The first-order chi connectivity index (χ1) is 12.2. The molecule has 3 rings (SSSR count). The van der Waals surface area contributed by atoms with E-state index in [1.54, 1.807) is 7.05 Å². The average Bonchev–Trinajstić information content (AvgIpc) is 3.13. The number of nitrogens with zero attached hydrogens (tertiary/aromatic N) is 3. The van der Waals surface area contributed by atoms with Gasteiger partial charge in [0.15, 0.2) is 5.96 Å². The molecule has 1 saturated heterocycles. The van der Waals surface area contributed by atoms with Crippen molar-refractivity contribution >= 4 is 22.6 Å². The first kappa shape index (κ1) is 17.2. The second-order valence-electron chi connectivity index (χ2n) is 6.23. The number of carbonyl (C=O) groups is 1. The number of carbonyl (C=O) groups excluding carboxylic acids is 1. The minimum atomic E-state index is 0.215. The van der Waals surface area contributed by atoms with E-state index >= 15 is 0 Å². The normalized spacial score (nSPS) is 17.8. The van der Waals surface area contributed by atoms with E-state index < -0.39 is 0 Å². The molecule has 2 N–H and O–H groups in total. The highest BCUT2D eigenvalue weighted by molar-refractivity contribution is 5.85. The summed E-state index contributed by atoms with van der Waals surface area (Å²) in [5.74, 6) is 0.956. The molecule has 0 saturated carbocycles. The van der Waals surface area contributed by atoms with Gasteiger partial charge < -0.3 is 15.5 Å². The zero-order chi connectivity index (χ0) is 17.6. The fraction of sp³-hybridized carbons (Fsp3) is 0.421. The summed E-state index contributed by atoms with van der Waals surface area (Å²) in [6.45, 7) is 4.05. The van der Waals surface area contributed by atoms with Crippen molar-refractivity contribution in [2.24, 2.45) is 4.99 Å². The van der Waals surface area contributed by atoms with E-state index in [1.165, 1.54) is 5.39 Å². The van der Waals surface area contributed by atoms with Crippen molar-refractivity contribution in [3.8, 4) is 0 Å². The van der Waals surface area contributed by atoms with Crippen LogP contribution in [-0.2, 0) is 11.3 Å². The molecule has 1 atom stereocenters. The minimum Gasteiger partial charge on any atom is -0.352 e. The molecule has 6 nitrogen and oxygen atoms in total.